The summed E-state index contributed by atoms with van der Waals surface area (Å²) < 4.78 is 19.0. The Kier molecular flexibility index (Phi) is 5.76. The Morgan fingerprint density at radius 1 is 1.50 bits per heavy atom. The smallest absolute Gasteiger partial charge is 0.145 e. The van der Waals surface area contributed by atoms with Crippen LogP contribution in [0.5, 0.6) is 0 Å². The van der Waals surface area contributed by atoms with Crippen LogP contribution in [-0.4, -0.2) is 31.2 Å². The van der Waals surface area contributed by atoms with Crippen LogP contribution in [0.25, 0.3) is 0 Å². The summed E-state index contributed by atoms with van der Waals surface area (Å²) in [4.78, 5) is 2.11. The van der Waals surface area contributed by atoms with Crippen LogP contribution in [0.3, 0.4) is 0 Å². The summed E-state index contributed by atoms with van der Waals surface area (Å²) in [5, 5.41) is 8.80. The molecule has 3 nitrogen and oxygen atoms in total. The molecule has 0 saturated heterocycles. The zero-order valence-corrected chi connectivity index (χ0v) is 11.1. The van der Waals surface area contributed by atoms with Crippen molar-refractivity contribution in [1.29, 1.82) is 5.26 Å². The first-order chi connectivity index (χ1) is 8.63. The number of benzene rings is 1. The van der Waals surface area contributed by atoms with Gasteiger partial charge in [0.15, 0.2) is 0 Å². The van der Waals surface area contributed by atoms with E-state index < -0.39 is 5.82 Å². The maximum atomic E-state index is 13.9. The average molecular weight is 250 g/mol. The number of nitriles is 1. The van der Waals surface area contributed by atoms with Crippen molar-refractivity contribution < 1.29 is 9.13 Å². The third-order valence-electron chi connectivity index (χ3n) is 3.01. The topological polar surface area (TPSA) is 36.3 Å². The molecular formula is C14H19FN2O. The number of rotatable bonds is 6. The predicted octanol–water partition coefficient (Wildman–Crippen LogP) is 2.55. The summed E-state index contributed by atoms with van der Waals surface area (Å²) in [6, 6.07) is 7.00. The van der Waals surface area contributed by atoms with Crippen molar-refractivity contribution in [3.63, 3.8) is 0 Å². The molecule has 0 fully saturated rings. The van der Waals surface area contributed by atoms with E-state index in [1.807, 2.05) is 19.9 Å². The monoisotopic (exact) mass is 250 g/mol. The first-order valence-electron chi connectivity index (χ1n) is 6.04. The van der Waals surface area contributed by atoms with Gasteiger partial charge in [-0.3, -0.25) is 4.90 Å². The van der Waals surface area contributed by atoms with E-state index in [4.69, 9.17) is 10.00 Å². The molecular weight excluding hydrogens is 231 g/mol. The van der Waals surface area contributed by atoms with Crippen molar-refractivity contribution >= 4 is 0 Å². The molecule has 18 heavy (non-hydrogen) atoms. The van der Waals surface area contributed by atoms with Crippen molar-refractivity contribution in [3.8, 4) is 6.07 Å². The van der Waals surface area contributed by atoms with Gasteiger partial charge in [-0.1, -0.05) is 19.1 Å². The Morgan fingerprint density at radius 3 is 2.78 bits per heavy atom. The van der Waals surface area contributed by atoms with Crippen LogP contribution in [0.4, 0.5) is 4.39 Å². The van der Waals surface area contributed by atoms with E-state index in [0.717, 1.165) is 6.54 Å². The molecule has 0 aliphatic heterocycles. The quantitative estimate of drug-likeness (QED) is 0.778. The van der Waals surface area contributed by atoms with Crippen molar-refractivity contribution in [3.05, 3.63) is 35.1 Å². The Balaban J connectivity index is 2.86. The number of halogens is 1. The molecule has 0 heterocycles. The minimum Gasteiger partial charge on any atom is -0.383 e. The first kappa shape index (κ1) is 14.6. The van der Waals surface area contributed by atoms with Gasteiger partial charge < -0.3 is 4.74 Å². The summed E-state index contributed by atoms with van der Waals surface area (Å²) in [7, 11) is 1.65. The van der Waals surface area contributed by atoms with E-state index in [0.29, 0.717) is 18.7 Å². The molecule has 1 unspecified atom stereocenters. The van der Waals surface area contributed by atoms with Gasteiger partial charge in [0.2, 0.25) is 0 Å². The zero-order valence-electron chi connectivity index (χ0n) is 11.1. The molecule has 0 spiro atoms. The van der Waals surface area contributed by atoms with E-state index in [1.54, 1.807) is 19.2 Å². The van der Waals surface area contributed by atoms with Crippen molar-refractivity contribution in [1.82, 2.24) is 4.90 Å². The predicted molar refractivity (Wildman–Crippen MR) is 68.5 cm³/mol. The van der Waals surface area contributed by atoms with Crippen LogP contribution in [0.2, 0.25) is 0 Å². The van der Waals surface area contributed by atoms with Crippen molar-refractivity contribution in [2.75, 3.05) is 20.3 Å². The lowest BCUT2D eigenvalue weighted by Gasteiger charge is -2.27. The lowest BCUT2D eigenvalue weighted by atomic mass is 10.1. The highest BCUT2D eigenvalue weighted by molar-refractivity contribution is 5.34. The fourth-order valence-electron chi connectivity index (χ4n) is 1.93. The second kappa shape index (κ2) is 7.10. The molecule has 0 saturated carbocycles. The third kappa shape index (κ3) is 3.52. The molecule has 0 bridgehead atoms. The molecule has 4 heteroatoms. The zero-order chi connectivity index (χ0) is 13.5. The van der Waals surface area contributed by atoms with Gasteiger partial charge in [-0.05, 0) is 19.5 Å². The fraction of sp³-hybridized carbons (Fsp3) is 0.500. The lowest BCUT2D eigenvalue weighted by Crippen LogP contribution is -2.35. The minimum absolute atomic E-state index is 0.1000. The largest absolute Gasteiger partial charge is 0.383 e. The summed E-state index contributed by atoms with van der Waals surface area (Å²) in [6.45, 7) is 5.97. The number of hydrogen-bond donors (Lipinski definition) is 0. The van der Waals surface area contributed by atoms with Crippen LogP contribution in [0.1, 0.15) is 25.0 Å². The van der Waals surface area contributed by atoms with Gasteiger partial charge in [0.1, 0.15) is 11.9 Å². The van der Waals surface area contributed by atoms with E-state index >= 15 is 0 Å². The highest BCUT2D eigenvalue weighted by Crippen LogP contribution is 2.15. The van der Waals surface area contributed by atoms with Crippen LogP contribution in [0.15, 0.2) is 18.2 Å². The molecule has 98 valence electrons. The van der Waals surface area contributed by atoms with E-state index in [-0.39, 0.29) is 11.6 Å². The maximum Gasteiger partial charge on any atom is 0.145 e. The minimum atomic E-state index is -0.414. The number of nitrogens with zero attached hydrogens (tertiary/aromatic N) is 2. The summed E-state index contributed by atoms with van der Waals surface area (Å²) in [5.74, 6) is -0.414. The Morgan fingerprint density at radius 2 is 2.22 bits per heavy atom. The Labute approximate surface area is 108 Å². The molecule has 0 N–H and O–H groups in total. The van der Waals surface area contributed by atoms with Crippen LogP contribution < -0.4 is 0 Å². The van der Waals surface area contributed by atoms with E-state index in [2.05, 4.69) is 4.90 Å². The van der Waals surface area contributed by atoms with Crippen LogP contribution in [-0.2, 0) is 11.3 Å². The number of ether oxygens (including phenoxy) is 1. The molecule has 0 amide bonds. The highest BCUT2D eigenvalue weighted by atomic mass is 19.1. The molecule has 1 rings (SSSR count). The molecule has 1 aromatic carbocycles. The third-order valence-corrected chi connectivity index (χ3v) is 3.01. The molecule has 1 atom stereocenters. The number of likely N-dealkylation sites (N-methyl/N-ethyl adjacent to an activating group) is 1. The highest BCUT2D eigenvalue weighted by Gasteiger charge is 2.15. The molecule has 0 aliphatic rings. The fourth-order valence-corrected chi connectivity index (χ4v) is 1.93. The Hall–Kier alpha value is -1.44. The van der Waals surface area contributed by atoms with Gasteiger partial charge in [0.05, 0.1) is 12.2 Å². The standard InChI is InChI=1S/C14H19FN2O/c1-4-17(11(2)10-18-3)9-13-7-5-6-12(8-16)14(13)15/h5-7,11H,4,9-10H2,1-3H3. The van der Waals surface area contributed by atoms with Crippen LogP contribution in [0, 0.1) is 17.1 Å². The SMILES string of the molecule is CCN(Cc1cccc(C#N)c1F)C(C)COC. The summed E-state index contributed by atoms with van der Waals surface area (Å²) in [5.41, 5.74) is 0.654. The van der Waals surface area contributed by atoms with Gasteiger partial charge in [0, 0.05) is 25.3 Å². The average Bonchev–Trinajstić information content (AvgIpc) is 2.37. The normalized spacial score (nSPS) is 12.4. The second-order valence-corrected chi connectivity index (χ2v) is 4.26. The van der Waals surface area contributed by atoms with Gasteiger partial charge in [0.25, 0.3) is 0 Å². The molecule has 0 aliphatic carbocycles. The number of hydrogen-bond acceptors (Lipinski definition) is 3. The molecule has 0 aromatic heterocycles. The van der Waals surface area contributed by atoms with Crippen molar-refractivity contribution in [2.24, 2.45) is 0 Å². The molecule has 0 radical (unpaired) electrons. The van der Waals surface area contributed by atoms with Crippen LogP contribution >= 0.6 is 0 Å². The lowest BCUT2D eigenvalue weighted by molar-refractivity contribution is 0.0975. The first-order valence-corrected chi connectivity index (χ1v) is 6.04. The van der Waals surface area contributed by atoms with E-state index in [1.165, 1.54) is 6.07 Å². The van der Waals surface area contributed by atoms with Gasteiger partial charge in [-0.2, -0.15) is 5.26 Å². The second-order valence-electron chi connectivity index (χ2n) is 4.26. The van der Waals surface area contributed by atoms with Gasteiger partial charge >= 0.3 is 0 Å². The van der Waals surface area contributed by atoms with E-state index in [9.17, 15) is 4.39 Å². The summed E-state index contributed by atoms with van der Waals surface area (Å²) >= 11 is 0. The molecule has 1 aromatic rings. The van der Waals surface area contributed by atoms with Crippen molar-refractivity contribution in [2.45, 2.75) is 26.4 Å². The summed E-state index contributed by atoms with van der Waals surface area (Å²) in [6.07, 6.45) is 0. The van der Waals surface area contributed by atoms with Gasteiger partial charge in [-0.15, -0.1) is 0 Å². The Bertz CT molecular complexity index is 428. The maximum absolute atomic E-state index is 13.9. The van der Waals surface area contributed by atoms with Gasteiger partial charge in [-0.25, -0.2) is 4.39 Å². The number of methoxy groups -OCH3 is 1.